The van der Waals surface area contributed by atoms with Crippen LogP contribution in [0.4, 0.5) is 0 Å². The molecule has 8 heteroatoms. The first-order chi connectivity index (χ1) is 8.54. The Hall–Kier alpha value is -0.800. The number of rotatable bonds is 5. The molecule has 0 saturated heterocycles. The van der Waals surface area contributed by atoms with E-state index in [1.165, 1.54) is 40.1 Å². The molecule has 0 aliphatic carbocycles. The van der Waals surface area contributed by atoms with E-state index in [0.717, 1.165) is 5.69 Å². The van der Waals surface area contributed by atoms with Crippen molar-refractivity contribution in [2.75, 3.05) is 7.05 Å². The van der Waals surface area contributed by atoms with Crippen LogP contribution in [0.3, 0.4) is 0 Å². The third-order valence-corrected chi connectivity index (χ3v) is 5.85. The van der Waals surface area contributed by atoms with Crippen LogP contribution in [0.2, 0.25) is 0 Å². The lowest BCUT2D eigenvalue weighted by atomic mass is 10.5. The second-order valence-corrected chi connectivity index (χ2v) is 7.41. The minimum absolute atomic E-state index is 0.143. The van der Waals surface area contributed by atoms with Crippen LogP contribution in [-0.4, -0.2) is 29.9 Å². The molecule has 98 valence electrons. The summed E-state index contributed by atoms with van der Waals surface area (Å²) in [5.41, 5.74) is 2.40. The van der Waals surface area contributed by atoms with Crippen molar-refractivity contribution in [1.82, 2.24) is 9.29 Å². The Labute approximate surface area is 113 Å². The number of hydrogen-bond acceptors (Lipinski definition) is 6. The maximum absolute atomic E-state index is 12.2. The molecule has 0 bridgehead atoms. The van der Waals surface area contributed by atoms with Gasteiger partial charge in [0.2, 0.25) is 10.0 Å². The highest BCUT2D eigenvalue weighted by atomic mass is 32.2. The molecule has 0 aromatic carbocycles. The zero-order valence-electron chi connectivity index (χ0n) is 9.61. The fourth-order valence-electron chi connectivity index (χ4n) is 1.39. The standard InChI is InChI=1S/C10H12N2O3S3/c1-12(3-8-5-16-7-11-8)18(14,15)10-2-9(4-13)17-6-10/h2,5-7,13H,3-4H2,1H3. The van der Waals surface area contributed by atoms with Crippen molar-refractivity contribution < 1.29 is 13.5 Å². The predicted octanol–water partition coefficient (Wildman–Crippen LogP) is 1.52. The molecule has 0 unspecified atom stereocenters. The van der Waals surface area contributed by atoms with Crippen molar-refractivity contribution in [2.24, 2.45) is 0 Å². The number of thiazole rings is 1. The molecule has 0 spiro atoms. The molecule has 0 radical (unpaired) electrons. The molecule has 0 aliphatic rings. The number of sulfonamides is 1. The minimum Gasteiger partial charge on any atom is -0.391 e. The Morgan fingerprint density at radius 3 is 2.78 bits per heavy atom. The third kappa shape index (κ3) is 2.78. The van der Waals surface area contributed by atoms with Crippen LogP contribution in [0.25, 0.3) is 0 Å². The minimum atomic E-state index is -3.51. The van der Waals surface area contributed by atoms with Crippen molar-refractivity contribution >= 4 is 32.7 Å². The van der Waals surface area contributed by atoms with E-state index < -0.39 is 10.0 Å². The zero-order valence-corrected chi connectivity index (χ0v) is 12.1. The number of aliphatic hydroxyl groups excluding tert-OH is 1. The van der Waals surface area contributed by atoms with Gasteiger partial charge in [-0.15, -0.1) is 22.7 Å². The van der Waals surface area contributed by atoms with Crippen LogP contribution >= 0.6 is 22.7 Å². The van der Waals surface area contributed by atoms with Crippen molar-refractivity contribution in [3.05, 3.63) is 32.9 Å². The van der Waals surface area contributed by atoms with Crippen molar-refractivity contribution in [3.8, 4) is 0 Å². The normalized spacial score (nSPS) is 12.2. The van der Waals surface area contributed by atoms with Gasteiger partial charge in [-0.1, -0.05) is 0 Å². The summed E-state index contributed by atoms with van der Waals surface area (Å²) in [6, 6.07) is 1.50. The molecule has 0 fully saturated rings. The molecular weight excluding hydrogens is 292 g/mol. The second kappa shape index (κ2) is 5.45. The van der Waals surface area contributed by atoms with Crippen LogP contribution in [0, 0.1) is 0 Å². The van der Waals surface area contributed by atoms with Gasteiger partial charge < -0.3 is 5.11 Å². The van der Waals surface area contributed by atoms with E-state index in [0.29, 0.717) is 4.88 Å². The third-order valence-electron chi connectivity index (χ3n) is 2.36. The molecular formula is C10H12N2O3S3. The zero-order chi connectivity index (χ0) is 13.2. The van der Waals surface area contributed by atoms with Crippen LogP contribution < -0.4 is 0 Å². The van der Waals surface area contributed by atoms with Crippen LogP contribution in [0.15, 0.2) is 27.2 Å². The molecule has 2 rings (SSSR count). The molecule has 5 nitrogen and oxygen atoms in total. The largest absolute Gasteiger partial charge is 0.391 e. The Morgan fingerprint density at radius 1 is 1.44 bits per heavy atom. The van der Waals surface area contributed by atoms with E-state index in [9.17, 15) is 8.42 Å². The fraction of sp³-hybridized carbons (Fsp3) is 0.300. The van der Waals surface area contributed by atoms with Crippen LogP contribution in [-0.2, 0) is 23.2 Å². The van der Waals surface area contributed by atoms with Crippen LogP contribution in [0.5, 0.6) is 0 Å². The number of aromatic nitrogens is 1. The smallest absolute Gasteiger partial charge is 0.244 e. The SMILES string of the molecule is CN(Cc1cscn1)S(=O)(=O)c1csc(CO)c1. The van der Waals surface area contributed by atoms with E-state index in [4.69, 9.17) is 5.11 Å². The number of nitrogens with zero attached hydrogens (tertiary/aromatic N) is 2. The first-order valence-corrected chi connectivity index (χ1v) is 8.32. The quantitative estimate of drug-likeness (QED) is 0.909. The summed E-state index contributed by atoms with van der Waals surface area (Å²) in [5.74, 6) is 0. The molecule has 0 aliphatic heterocycles. The molecule has 0 saturated carbocycles. The van der Waals surface area contributed by atoms with Crippen molar-refractivity contribution in [1.29, 1.82) is 0 Å². The molecule has 0 amide bonds. The van der Waals surface area contributed by atoms with Gasteiger partial charge in [-0.25, -0.2) is 13.4 Å². The maximum atomic E-state index is 12.2. The second-order valence-electron chi connectivity index (χ2n) is 3.65. The van der Waals surface area contributed by atoms with E-state index in [1.807, 2.05) is 5.38 Å². The van der Waals surface area contributed by atoms with Crippen LogP contribution in [0.1, 0.15) is 10.6 Å². The van der Waals surface area contributed by atoms with Gasteiger partial charge in [-0.05, 0) is 6.07 Å². The summed E-state index contributed by atoms with van der Waals surface area (Å²) in [5, 5.41) is 12.3. The molecule has 0 atom stereocenters. The Bertz CT molecular complexity index is 604. The van der Waals surface area contributed by atoms with Gasteiger partial charge in [0.25, 0.3) is 0 Å². The van der Waals surface area contributed by atoms with Crippen molar-refractivity contribution in [2.45, 2.75) is 18.0 Å². The van der Waals surface area contributed by atoms with E-state index in [2.05, 4.69) is 4.98 Å². The first kappa shape index (κ1) is 13.6. The van der Waals surface area contributed by atoms with Gasteiger partial charge in [-0.3, -0.25) is 0 Å². The highest BCUT2D eigenvalue weighted by Crippen LogP contribution is 2.23. The number of hydrogen-bond donors (Lipinski definition) is 1. The molecule has 1 N–H and O–H groups in total. The highest BCUT2D eigenvalue weighted by Gasteiger charge is 2.22. The number of aliphatic hydroxyl groups is 1. The summed E-state index contributed by atoms with van der Waals surface area (Å²) in [6.07, 6.45) is 0. The predicted molar refractivity (Wildman–Crippen MR) is 71.0 cm³/mol. The lowest BCUT2D eigenvalue weighted by molar-refractivity contribution is 0.285. The molecule has 18 heavy (non-hydrogen) atoms. The average Bonchev–Trinajstić information content (AvgIpc) is 2.99. The van der Waals surface area contributed by atoms with E-state index in [-0.39, 0.29) is 18.0 Å². The molecule has 2 heterocycles. The highest BCUT2D eigenvalue weighted by molar-refractivity contribution is 7.89. The Balaban J connectivity index is 2.19. The topological polar surface area (TPSA) is 70.5 Å². The summed E-state index contributed by atoms with van der Waals surface area (Å²) < 4.78 is 25.7. The Kier molecular flexibility index (Phi) is 4.13. The summed E-state index contributed by atoms with van der Waals surface area (Å²) in [6.45, 7) is 0.103. The Morgan fingerprint density at radius 2 is 2.22 bits per heavy atom. The van der Waals surface area contributed by atoms with Gasteiger partial charge in [0.1, 0.15) is 0 Å². The van der Waals surface area contributed by atoms with Gasteiger partial charge in [0.15, 0.2) is 0 Å². The van der Waals surface area contributed by atoms with Gasteiger partial charge in [0, 0.05) is 22.7 Å². The van der Waals surface area contributed by atoms with Crippen molar-refractivity contribution in [3.63, 3.8) is 0 Å². The molecule has 2 aromatic rings. The first-order valence-electron chi connectivity index (χ1n) is 5.05. The average molecular weight is 304 g/mol. The van der Waals surface area contributed by atoms with Gasteiger partial charge in [0.05, 0.1) is 29.3 Å². The summed E-state index contributed by atoms with van der Waals surface area (Å²) in [7, 11) is -1.99. The lowest BCUT2D eigenvalue weighted by Crippen LogP contribution is -2.26. The summed E-state index contributed by atoms with van der Waals surface area (Å²) in [4.78, 5) is 4.91. The summed E-state index contributed by atoms with van der Waals surface area (Å²) >= 11 is 2.66. The van der Waals surface area contributed by atoms with E-state index >= 15 is 0 Å². The van der Waals surface area contributed by atoms with Gasteiger partial charge in [-0.2, -0.15) is 4.31 Å². The maximum Gasteiger partial charge on any atom is 0.244 e. The fourth-order valence-corrected chi connectivity index (χ4v) is 4.20. The number of thiophene rings is 1. The van der Waals surface area contributed by atoms with E-state index in [1.54, 1.807) is 10.9 Å². The molecule has 2 aromatic heterocycles. The lowest BCUT2D eigenvalue weighted by Gasteiger charge is -2.14. The monoisotopic (exact) mass is 304 g/mol. The van der Waals surface area contributed by atoms with Gasteiger partial charge >= 0.3 is 0 Å².